The summed E-state index contributed by atoms with van der Waals surface area (Å²) in [6, 6.07) is 24.0. The first-order valence-electron chi connectivity index (χ1n) is 11.2. The van der Waals surface area contributed by atoms with E-state index in [9.17, 15) is 14.4 Å². The second kappa shape index (κ2) is 9.27. The van der Waals surface area contributed by atoms with Crippen molar-refractivity contribution in [3.63, 3.8) is 0 Å². The summed E-state index contributed by atoms with van der Waals surface area (Å²) in [6.45, 7) is 2.45. The number of piperazine rings is 1. The van der Waals surface area contributed by atoms with Crippen molar-refractivity contribution in [2.24, 2.45) is 0 Å². The maximum absolute atomic E-state index is 13.0. The average molecular weight is 457 g/mol. The smallest absolute Gasteiger partial charge is 0.408 e. The summed E-state index contributed by atoms with van der Waals surface area (Å²) in [6.07, 6.45) is 0. The minimum Gasteiger partial charge on any atom is -0.408 e. The van der Waals surface area contributed by atoms with E-state index in [4.69, 9.17) is 4.42 Å². The van der Waals surface area contributed by atoms with E-state index in [1.165, 1.54) is 4.57 Å². The van der Waals surface area contributed by atoms with Gasteiger partial charge in [-0.05, 0) is 42.5 Å². The molecule has 0 spiro atoms. The van der Waals surface area contributed by atoms with Gasteiger partial charge in [-0.15, -0.1) is 0 Å². The van der Waals surface area contributed by atoms with Gasteiger partial charge in [0, 0.05) is 43.1 Å². The monoisotopic (exact) mass is 456 g/mol. The molecular weight excluding hydrogens is 432 g/mol. The standard InChI is InChI=1S/C26H24N4O4/c31-24(29-15-13-28(14-16-29)21-9-5-2-6-10-21)18-30-22-17-19(11-12-23(22)34-26(30)33)25(32)27-20-7-3-1-4-8-20/h1-12,17H,13-16,18H2,(H,27,32). The van der Waals surface area contributed by atoms with Crippen LogP contribution in [0.15, 0.2) is 88.1 Å². The van der Waals surface area contributed by atoms with Crippen molar-refractivity contribution < 1.29 is 14.0 Å². The van der Waals surface area contributed by atoms with E-state index in [0.29, 0.717) is 35.4 Å². The number of para-hydroxylation sites is 2. The molecule has 0 unspecified atom stereocenters. The number of hydrogen-bond donors (Lipinski definition) is 1. The number of aromatic nitrogens is 1. The van der Waals surface area contributed by atoms with Gasteiger partial charge in [0.05, 0.1) is 5.52 Å². The molecule has 1 aliphatic heterocycles. The zero-order valence-corrected chi connectivity index (χ0v) is 18.5. The Balaban J connectivity index is 1.30. The highest BCUT2D eigenvalue weighted by Gasteiger charge is 2.23. The number of benzene rings is 3. The fourth-order valence-electron chi connectivity index (χ4n) is 4.17. The third kappa shape index (κ3) is 4.43. The maximum atomic E-state index is 13.0. The van der Waals surface area contributed by atoms with Gasteiger partial charge < -0.3 is 19.5 Å². The summed E-state index contributed by atoms with van der Waals surface area (Å²) in [4.78, 5) is 42.2. The van der Waals surface area contributed by atoms with Crippen LogP contribution in [0.2, 0.25) is 0 Å². The fraction of sp³-hybridized carbons (Fsp3) is 0.192. The highest BCUT2D eigenvalue weighted by atomic mass is 16.4. The summed E-state index contributed by atoms with van der Waals surface area (Å²) >= 11 is 0. The molecule has 34 heavy (non-hydrogen) atoms. The lowest BCUT2D eigenvalue weighted by atomic mass is 10.2. The van der Waals surface area contributed by atoms with E-state index < -0.39 is 5.76 Å². The SMILES string of the molecule is O=C(Nc1ccccc1)c1ccc2oc(=O)n(CC(=O)N3CCN(c4ccccc4)CC3)c2c1. The quantitative estimate of drug-likeness (QED) is 0.498. The van der Waals surface area contributed by atoms with E-state index in [1.54, 1.807) is 35.2 Å². The van der Waals surface area contributed by atoms with Crippen LogP contribution >= 0.6 is 0 Å². The summed E-state index contributed by atoms with van der Waals surface area (Å²) < 4.78 is 6.60. The number of hydrogen-bond acceptors (Lipinski definition) is 5. The molecule has 0 atom stereocenters. The molecule has 1 fully saturated rings. The highest BCUT2D eigenvalue weighted by Crippen LogP contribution is 2.19. The Bertz CT molecular complexity index is 1370. The Hall–Kier alpha value is -4.33. The van der Waals surface area contributed by atoms with Gasteiger partial charge in [-0.25, -0.2) is 4.79 Å². The molecule has 2 amide bonds. The number of anilines is 2. The number of rotatable bonds is 5. The van der Waals surface area contributed by atoms with Gasteiger partial charge in [-0.3, -0.25) is 14.2 Å². The van der Waals surface area contributed by atoms with Crippen LogP contribution in [0, 0.1) is 0 Å². The lowest BCUT2D eigenvalue weighted by molar-refractivity contribution is -0.132. The van der Waals surface area contributed by atoms with Crippen LogP contribution in [0.25, 0.3) is 11.1 Å². The van der Waals surface area contributed by atoms with Crippen molar-refractivity contribution in [1.29, 1.82) is 0 Å². The van der Waals surface area contributed by atoms with E-state index in [2.05, 4.69) is 22.3 Å². The van der Waals surface area contributed by atoms with Crippen molar-refractivity contribution in [2.75, 3.05) is 36.4 Å². The minimum absolute atomic E-state index is 0.138. The maximum Gasteiger partial charge on any atom is 0.420 e. The van der Waals surface area contributed by atoms with E-state index in [-0.39, 0.29) is 18.4 Å². The molecule has 1 aromatic heterocycles. The number of fused-ring (bicyclic) bond motifs is 1. The lowest BCUT2D eigenvalue weighted by Crippen LogP contribution is -2.50. The Kier molecular flexibility index (Phi) is 5.86. The van der Waals surface area contributed by atoms with Gasteiger partial charge in [-0.1, -0.05) is 36.4 Å². The normalized spacial score (nSPS) is 13.8. The first kappa shape index (κ1) is 21.5. The molecule has 3 aromatic carbocycles. The topological polar surface area (TPSA) is 87.8 Å². The van der Waals surface area contributed by atoms with Crippen LogP contribution < -0.4 is 16.0 Å². The fourth-order valence-corrected chi connectivity index (χ4v) is 4.17. The second-order valence-electron chi connectivity index (χ2n) is 8.16. The van der Waals surface area contributed by atoms with Gasteiger partial charge >= 0.3 is 5.76 Å². The van der Waals surface area contributed by atoms with Crippen molar-refractivity contribution in [3.05, 3.63) is 95.0 Å². The van der Waals surface area contributed by atoms with E-state index >= 15 is 0 Å². The van der Waals surface area contributed by atoms with Crippen LogP contribution in [0.3, 0.4) is 0 Å². The molecule has 1 saturated heterocycles. The van der Waals surface area contributed by atoms with Gasteiger partial charge in [0.25, 0.3) is 5.91 Å². The number of nitrogens with zero attached hydrogens (tertiary/aromatic N) is 3. The predicted molar refractivity (Wildman–Crippen MR) is 130 cm³/mol. The van der Waals surface area contributed by atoms with Crippen LogP contribution in [0.1, 0.15) is 10.4 Å². The third-order valence-corrected chi connectivity index (χ3v) is 6.01. The molecule has 172 valence electrons. The summed E-state index contributed by atoms with van der Waals surface area (Å²) in [7, 11) is 0. The number of carbonyl (C=O) groups is 2. The molecule has 1 N–H and O–H groups in total. The van der Waals surface area contributed by atoms with Crippen LogP contribution in [-0.4, -0.2) is 47.5 Å². The zero-order chi connectivity index (χ0) is 23.5. The molecule has 0 saturated carbocycles. The lowest BCUT2D eigenvalue weighted by Gasteiger charge is -2.36. The van der Waals surface area contributed by atoms with Crippen LogP contribution in [-0.2, 0) is 11.3 Å². The van der Waals surface area contributed by atoms with Gasteiger partial charge in [0.1, 0.15) is 6.54 Å². The predicted octanol–water partition coefficient (Wildman–Crippen LogP) is 3.20. The number of oxazole rings is 1. The average Bonchev–Trinajstić information content (AvgIpc) is 3.19. The molecule has 2 heterocycles. The minimum atomic E-state index is -0.619. The largest absolute Gasteiger partial charge is 0.420 e. The van der Waals surface area contributed by atoms with Crippen molar-refractivity contribution >= 4 is 34.3 Å². The van der Waals surface area contributed by atoms with Crippen LogP contribution in [0.4, 0.5) is 11.4 Å². The molecule has 4 aromatic rings. The zero-order valence-electron chi connectivity index (χ0n) is 18.5. The van der Waals surface area contributed by atoms with Gasteiger partial charge in [0.2, 0.25) is 5.91 Å². The van der Waals surface area contributed by atoms with Gasteiger partial charge in [-0.2, -0.15) is 0 Å². The number of nitrogens with one attached hydrogen (secondary N) is 1. The molecule has 0 bridgehead atoms. The van der Waals surface area contributed by atoms with E-state index in [0.717, 1.165) is 18.8 Å². The Morgan fingerprint density at radius 2 is 1.53 bits per heavy atom. The first-order chi connectivity index (χ1) is 16.6. The molecule has 0 radical (unpaired) electrons. The first-order valence-corrected chi connectivity index (χ1v) is 11.2. The van der Waals surface area contributed by atoms with Crippen LogP contribution in [0.5, 0.6) is 0 Å². The van der Waals surface area contributed by atoms with Crippen molar-refractivity contribution in [1.82, 2.24) is 9.47 Å². The Morgan fingerprint density at radius 1 is 0.853 bits per heavy atom. The second-order valence-corrected chi connectivity index (χ2v) is 8.16. The summed E-state index contributed by atoms with van der Waals surface area (Å²) in [5, 5.41) is 2.82. The molecule has 1 aliphatic rings. The Labute approximate surface area is 196 Å². The number of carbonyl (C=O) groups excluding carboxylic acids is 2. The van der Waals surface area contributed by atoms with Crippen molar-refractivity contribution in [3.8, 4) is 0 Å². The summed E-state index contributed by atoms with van der Waals surface area (Å²) in [5.41, 5.74) is 2.93. The van der Waals surface area contributed by atoms with Gasteiger partial charge in [0.15, 0.2) is 5.58 Å². The summed E-state index contributed by atoms with van der Waals surface area (Å²) in [5.74, 6) is -1.08. The molecule has 8 heteroatoms. The molecule has 8 nitrogen and oxygen atoms in total. The highest BCUT2D eigenvalue weighted by molar-refractivity contribution is 6.05. The molecule has 5 rings (SSSR count). The molecular formula is C26H24N4O4. The van der Waals surface area contributed by atoms with E-state index in [1.807, 2.05) is 36.4 Å². The third-order valence-electron chi connectivity index (χ3n) is 6.01. The number of amides is 2. The van der Waals surface area contributed by atoms with Crippen molar-refractivity contribution in [2.45, 2.75) is 6.54 Å². The Morgan fingerprint density at radius 3 is 2.24 bits per heavy atom. The molecule has 0 aliphatic carbocycles.